The molecule has 0 atom stereocenters. The van der Waals surface area contributed by atoms with Gasteiger partial charge in [-0.1, -0.05) is 6.07 Å². The highest BCUT2D eigenvalue weighted by Crippen LogP contribution is 2.29. The van der Waals surface area contributed by atoms with Gasteiger partial charge in [0.05, 0.1) is 24.6 Å². The zero-order valence-electron chi connectivity index (χ0n) is 12.1. The number of nitrogens with one attached hydrogen (secondary N) is 2. The Kier molecular flexibility index (Phi) is 7.27. The fourth-order valence-electron chi connectivity index (χ4n) is 1.67. The molecule has 20 heavy (non-hydrogen) atoms. The summed E-state index contributed by atoms with van der Waals surface area (Å²) in [6.45, 7) is 4.03. The van der Waals surface area contributed by atoms with E-state index >= 15 is 0 Å². The second-order valence-electron chi connectivity index (χ2n) is 4.17. The molecule has 1 aromatic rings. The van der Waals surface area contributed by atoms with Crippen LogP contribution in [0.4, 0.5) is 11.4 Å². The van der Waals surface area contributed by atoms with E-state index in [2.05, 4.69) is 10.6 Å². The van der Waals surface area contributed by atoms with Crippen LogP contribution < -0.4 is 21.1 Å². The monoisotopic (exact) mass is 281 g/mol. The average Bonchev–Trinajstić information content (AvgIpc) is 2.43. The minimum atomic E-state index is -0.0194. The standard InChI is InChI=1S/C14H23N3O3/c1-3-20-12-6-4-5-11(14(12)15)16-8-7-13(18)17-9-10-19-2/h4-6,16H,3,7-10,15H2,1-2H3,(H,17,18). The molecule has 1 rings (SSSR count). The molecule has 6 heteroatoms. The molecule has 112 valence electrons. The summed E-state index contributed by atoms with van der Waals surface area (Å²) >= 11 is 0. The van der Waals surface area contributed by atoms with Crippen molar-refractivity contribution in [2.45, 2.75) is 13.3 Å². The van der Waals surface area contributed by atoms with E-state index in [4.69, 9.17) is 15.2 Å². The number of benzene rings is 1. The molecule has 0 radical (unpaired) electrons. The number of carbonyl (C=O) groups is 1. The summed E-state index contributed by atoms with van der Waals surface area (Å²) in [6.07, 6.45) is 0.377. The summed E-state index contributed by atoms with van der Waals surface area (Å²) in [4.78, 5) is 11.5. The quantitative estimate of drug-likeness (QED) is 0.468. The third-order valence-corrected chi connectivity index (χ3v) is 2.66. The number of rotatable bonds is 9. The SMILES string of the molecule is CCOc1cccc(NCCC(=O)NCCOC)c1N. The zero-order valence-corrected chi connectivity index (χ0v) is 12.1. The van der Waals surface area contributed by atoms with E-state index in [1.807, 2.05) is 25.1 Å². The van der Waals surface area contributed by atoms with Crippen molar-refractivity contribution in [1.29, 1.82) is 0 Å². The Morgan fingerprint density at radius 1 is 1.35 bits per heavy atom. The molecule has 0 aliphatic carbocycles. The Hall–Kier alpha value is -1.95. The topological polar surface area (TPSA) is 85.6 Å². The molecular formula is C14H23N3O3. The van der Waals surface area contributed by atoms with Gasteiger partial charge in [0.2, 0.25) is 5.91 Å². The van der Waals surface area contributed by atoms with Gasteiger partial charge >= 0.3 is 0 Å². The van der Waals surface area contributed by atoms with E-state index in [0.717, 1.165) is 5.69 Å². The number of amides is 1. The van der Waals surface area contributed by atoms with Gasteiger partial charge in [-0.2, -0.15) is 0 Å². The molecule has 0 bridgehead atoms. The van der Waals surface area contributed by atoms with Crippen molar-refractivity contribution in [1.82, 2.24) is 5.32 Å². The average molecular weight is 281 g/mol. The van der Waals surface area contributed by atoms with Gasteiger partial charge in [0.25, 0.3) is 0 Å². The molecule has 6 nitrogen and oxygen atoms in total. The molecule has 0 unspecified atom stereocenters. The molecule has 1 amide bonds. The Morgan fingerprint density at radius 2 is 2.15 bits per heavy atom. The van der Waals surface area contributed by atoms with Crippen LogP contribution in [0.2, 0.25) is 0 Å². The maximum Gasteiger partial charge on any atom is 0.221 e. The van der Waals surface area contributed by atoms with Crippen LogP contribution in [-0.4, -0.2) is 39.3 Å². The molecule has 0 saturated carbocycles. The van der Waals surface area contributed by atoms with Crippen LogP contribution >= 0.6 is 0 Å². The molecule has 0 saturated heterocycles. The summed E-state index contributed by atoms with van der Waals surface area (Å²) in [5.41, 5.74) is 7.32. The highest BCUT2D eigenvalue weighted by molar-refractivity contribution is 5.77. The number of ether oxygens (including phenoxy) is 2. The van der Waals surface area contributed by atoms with Crippen LogP contribution in [0.5, 0.6) is 5.75 Å². The summed E-state index contributed by atoms with van der Waals surface area (Å²) in [6, 6.07) is 5.55. The minimum absolute atomic E-state index is 0.0194. The summed E-state index contributed by atoms with van der Waals surface area (Å²) in [5.74, 6) is 0.635. The van der Waals surface area contributed by atoms with Crippen LogP contribution in [0.1, 0.15) is 13.3 Å². The second-order valence-corrected chi connectivity index (χ2v) is 4.17. The predicted molar refractivity (Wildman–Crippen MR) is 80.0 cm³/mol. The first kappa shape index (κ1) is 16.1. The largest absolute Gasteiger partial charge is 0.492 e. The number of hydrogen-bond donors (Lipinski definition) is 3. The predicted octanol–water partition coefficient (Wildman–Crippen LogP) is 1.23. The van der Waals surface area contributed by atoms with Gasteiger partial charge in [-0.3, -0.25) is 4.79 Å². The zero-order chi connectivity index (χ0) is 14.8. The molecular weight excluding hydrogens is 258 g/mol. The first-order valence-electron chi connectivity index (χ1n) is 6.69. The van der Waals surface area contributed by atoms with Crippen molar-refractivity contribution in [2.24, 2.45) is 0 Å². The van der Waals surface area contributed by atoms with Gasteiger partial charge in [0.1, 0.15) is 5.75 Å². The van der Waals surface area contributed by atoms with E-state index in [1.54, 1.807) is 7.11 Å². The smallest absolute Gasteiger partial charge is 0.221 e. The molecule has 0 aliphatic rings. The third-order valence-electron chi connectivity index (χ3n) is 2.66. The van der Waals surface area contributed by atoms with Crippen LogP contribution in [0.25, 0.3) is 0 Å². The van der Waals surface area contributed by atoms with Gasteiger partial charge in [-0.25, -0.2) is 0 Å². The van der Waals surface area contributed by atoms with Gasteiger partial charge in [-0.05, 0) is 19.1 Å². The lowest BCUT2D eigenvalue weighted by Gasteiger charge is -2.13. The molecule has 1 aromatic carbocycles. The number of carbonyl (C=O) groups excluding carboxylic acids is 1. The summed E-state index contributed by atoms with van der Waals surface area (Å²) in [7, 11) is 1.60. The minimum Gasteiger partial charge on any atom is -0.492 e. The highest BCUT2D eigenvalue weighted by atomic mass is 16.5. The van der Waals surface area contributed by atoms with Crippen LogP contribution in [0, 0.1) is 0 Å². The van der Waals surface area contributed by atoms with E-state index in [0.29, 0.717) is 44.2 Å². The van der Waals surface area contributed by atoms with E-state index < -0.39 is 0 Å². The third kappa shape index (κ3) is 5.36. The lowest BCUT2D eigenvalue weighted by Crippen LogP contribution is -2.28. The number of anilines is 2. The van der Waals surface area contributed by atoms with Crippen molar-refractivity contribution in [3.05, 3.63) is 18.2 Å². The van der Waals surface area contributed by atoms with Gasteiger partial charge in [0.15, 0.2) is 0 Å². The fraction of sp³-hybridized carbons (Fsp3) is 0.500. The van der Waals surface area contributed by atoms with Crippen molar-refractivity contribution >= 4 is 17.3 Å². The van der Waals surface area contributed by atoms with E-state index in [1.165, 1.54) is 0 Å². The van der Waals surface area contributed by atoms with Crippen LogP contribution in [0.15, 0.2) is 18.2 Å². The number of methoxy groups -OCH3 is 1. The van der Waals surface area contributed by atoms with Crippen molar-refractivity contribution in [3.8, 4) is 5.75 Å². The first-order chi connectivity index (χ1) is 9.69. The number of nitrogen functional groups attached to an aromatic ring is 1. The molecule has 0 spiro atoms. The van der Waals surface area contributed by atoms with Crippen molar-refractivity contribution < 1.29 is 14.3 Å². The number of nitrogens with two attached hydrogens (primary N) is 1. The molecule has 0 fully saturated rings. The first-order valence-corrected chi connectivity index (χ1v) is 6.69. The van der Waals surface area contributed by atoms with Gasteiger partial charge < -0.3 is 25.8 Å². The van der Waals surface area contributed by atoms with Crippen LogP contribution in [-0.2, 0) is 9.53 Å². The van der Waals surface area contributed by atoms with E-state index in [-0.39, 0.29) is 5.91 Å². The highest BCUT2D eigenvalue weighted by Gasteiger charge is 2.06. The van der Waals surface area contributed by atoms with Gasteiger partial charge in [-0.15, -0.1) is 0 Å². The Balaban J connectivity index is 2.38. The molecule has 0 heterocycles. The number of hydrogen-bond acceptors (Lipinski definition) is 5. The Morgan fingerprint density at radius 3 is 2.85 bits per heavy atom. The van der Waals surface area contributed by atoms with Crippen molar-refractivity contribution in [2.75, 3.05) is 44.5 Å². The normalized spacial score (nSPS) is 10.1. The van der Waals surface area contributed by atoms with E-state index in [9.17, 15) is 4.79 Å². The summed E-state index contributed by atoms with van der Waals surface area (Å²) < 4.78 is 10.3. The second kappa shape index (κ2) is 9.03. The lowest BCUT2D eigenvalue weighted by atomic mass is 10.2. The number of para-hydroxylation sites is 1. The maximum atomic E-state index is 11.5. The fourth-order valence-corrected chi connectivity index (χ4v) is 1.67. The Bertz CT molecular complexity index is 424. The van der Waals surface area contributed by atoms with Gasteiger partial charge in [0, 0.05) is 26.6 Å². The molecule has 0 aromatic heterocycles. The van der Waals surface area contributed by atoms with Crippen LogP contribution in [0.3, 0.4) is 0 Å². The van der Waals surface area contributed by atoms with Crippen molar-refractivity contribution in [3.63, 3.8) is 0 Å². The molecule has 4 N–H and O–H groups in total. The molecule has 0 aliphatic heterocycles. The maximum absolute atomic E-state index is 11.5. The summed E-state index contributed by atoms with van der Waals surface area (Å²) in [5, 5.41) is 5.89. The lowest BCUT2D eigenvalue weighted by molar-refractivity contribution is -0.121. The Labute approximate surface area is 119 Å².